The highest BCUT2D eigenvalue weighted by molar-refractivity contribution is 5.95. The minimum atomic E-state index is -0.201. The quantitative estimate of drug-likeness (QED) is 0.880. The summed E-state index contributed by atoms with van der Waals surface area (Å²) in [5.74, 6) is 0.675. The van der Waals surface area contributed by atoms with E-state index in [4.69, 9.17) is 10.00 Å². The molecular formula is C20H20N2O3. The van der Waals surface area contributed by atoms with E-state index in [2.05, 4.69) is 5.32 Å². The number of ether oxygens (including phenoxy) is 1. The Morgan fingerprint density at radius 2 is 1.80 bits per heavy atom. The van der Waals surface area contributed by atoms with Gasteiger partial charge < -0.3 is 15.2 Å². The molecule has 1 aliphatic rings. The van der Waals surface area contributed by atoms with Crippen molar-refractivity contribution < 1.29 is 14.6 Å². The standard InChI is InChI=1S/C20H20N2O3/c21-13-14-6-8-18(9-7-14)25-19-11-15(10-17(23)12-19)20(24)22-16-4-2-1-3-5-16/h6-12,16,23H,1-5H2,(H,22,24). The van der Waals surface area contributed by atoms with Crippen LogP contribution in [0.1, 0.15) is 48.0 Å². The van der Waals surface area contributed by atoms with Gasteiger partial charge in [-0.2, -0.15) is 5.26 Å². The van der Waals surface area contributed by atoms with Crippen molar-refractivity contribution in [1.82, 2.24) is 5.32 Å². The Labute approximate surface area is 146 Å². The fourth-order valence-electron chi connectivity index (χ4n) is 3.02. The molecule has 1 saturated carbocycles. The van der Waals surface area contributed by atoms with E-state index in [0.29, 0.717) is 22.6 Å². The average Bonchev–Trinajstić information content (AvgIpc) is 2.63. The summed E-state index contributed by atoms with van der Waals surface area (Å²) >= 11 is 0. The lowest BCUT2D eigenvalue weighted by Gasteiger charge is -2.22. The molecule has 1 fully saturated rings. The largest absolute Gasteiger partial charge is 0.508 e. The van der Waals surface area contributed by atoms with Crippen molar-refractivity contribution in [2.24, 2.45) is 0 Å². The summed E-state index contributed by atoms with van der Waals surface area (Å²) in [6.07, 6.45) is 5.50. The van der Waals surface area contributed by atoms with Crippen LogP contribution in [0.4, 0.5) is 0 Å². The zero-order valence-electron chi connectivity index (χ0n) is 13.9. The fraction of sp³-hybridized carbons (Fsp3) is 0.300. The minimum Gasteiger partial charge on any atom is -0.508 e. The molecule has 0 heterocycles. The summed E-state index contributed by atoms with van der Waals surface area (Å²) in [5.41, 5.74) is 0.907. The van der Waals surface area contributed by atoms with Gasteiger partial charge in [-0.25, -0.2) is 0 Å². The Hall–Kier alpha value is -3.00. The molecule has 25 heavy (non-hydrogen) atoms. The van der Waals surface area contributed by atoms with Gasteiger partial charge in [-0.05, 0) is 49.2 Å². The van der Waals surface area contributed by atoms with Crippen LogP contribution in [-0.2, 0) is 0 Å². The van der Waals surface area contributed by atoms with Gasteiger partial charge in [0.1, 0.15) is 17.2 Å². The molecule has 2 N–H and O–H groups in total. The fourth-order valence-corrected chi connectivity index (χ4v) is 3.02. The Morgan fingerprint density at radius 1 is 1.08 bits per heavy atom. The van der Waals surface area contributed by atoms with E-state index in [1.807, 2.05) is 6.07 Å². The van der Waals surface area contributed by atoms with Gasteiger partial charge in [0.2, 0.25) is 0 Å². The molecule has 0 aromatic heterocycles. The lowest BCUT2D eigenvalue weighted by Crippen LogP contribution is -2.36. The maximum absolute atomic E-state index is 12.4. The molecule has 1 amide bonds. The normalized spacial score (nSPS) is 14.5. The number of nitriles is 1. The number of nitrogens with one attached hydrogen (secondary N) is 1. The van der Waals surface area contributed by atoms with Crippen LogP contribution in [-0.4, -0.2) is 17.1 Å². The molecule has 0 bridgehead atoms. The Morgan fingerprint density at radius 3 is 2.48 bits per heavy atom. The predicted molar refractivity (Wildman–Crippen MR) is 93.7 cm³/mol. The highest BCUT2D eigenvalue weighted by atomic mass is 16.5. The van der Waals surface area contributed by atoms with Crippen LogP contribution in [0, 0.1) is 11.3 Å². The van der Waals surface area contributed by atoms with E-state index < -0.39 is 0 Å². The van der Waals surface area contributed by atoms with Crippen molar-refractivity contribution in [3.05, 3.63) is 53.6 Å². The van der Waals surface area contributed by atoms with Crippen LogP contribution >= 0.6 is 0 Å². The van der Waals surface area contributed by atoms with E-state index in [9.17, 15) is 9.90 Å². The SMILES string of the molecule is N#Cc1ccc(Oc2cc(O)cc(C(=O)NC3CCCCC3)c2)cc1. The van der Waals surface area contributed by atoms with Crippen LogP contribution in [0.2, 0.25) is 0 Å². The van der Waals surface area contributed by atoms with E-state index in [-0.39, 0.29) is 17.7 Å². The van der Waals surface area contributed by atoms with E-state index in [1.165, 1.54) is 18.6 Å². The van der Waals surface area contributed by atoms with Gasteiger partial charge in [-0.3, -0.25) is 4.79 Å². The third kappa shape index (κ3) is 4.51. The van der Waals surface area contributed by atoms with Crippen molar-refractivity contribution in [2.45, 2.75) is 38.1 Å². The van der Waals surface area contributed by atoms with Crippen LogP contribution in [0.25, 0.3) is 0 Å². The molecular weight excluding hydrogens is 316 g/mol. The number of carbonyl (C=O) groups excluding carboxylic acids is 1. The second-order valence-corrected chi connectivity index (χ2v) is 6.26. The first-order chi connectivity index (χ1) is 12.1. The van der Waals surface area contributed by atoms with Crippen molar-refractivity contribution in [2.75, 3.05) is 0 Å². The molecule has 0 unspecified atom stereocenters. The first kappa shape index (κ1) is 16.8. The lowest BCUT2D eigenvalue weighted by atomic mass is 9.95. The number of hydrogen-bond acceptors (Lipinski definition) is 4. The highest BCUT2D eigenvalue weighted by Crippen LogP contribution is 2.27. The second-order valence-electron chi connectivity index (χ2n) is 6.26. The number of benzene rings is 2. The number of hydrogen-bond donors (Lipinski definition) is 2. The number of rotatable bonds is 4. The van der Waals surface area contributed by atoms with Crippen molar-refractivity contribution >= 4 is 5.91 Å². The van der Waals surface area contributed by atoms with Crippen molar-refractivity contribution in [3.8, 4) is 23.3 Å². The van der Waals surface area contributed by atoms with Crippen molar-refractivity contribution in [3.63, 3.8) is 0 Å². The van der Waals surface area contributed by atoms with Crippen LogP contribution in [0.3, 0.4) is 0 Å². The summed E-state index contributed by atoms with van der Waals surface area (Å²) in [6, 6.07) is 13.4. The number of phenols is 1. The summed E-state index contributed by atoms with van der Waals surface area (Å²) in [4.78, 5) is 12.4. The third-order valence-corrected chi connectivity index (χ3v) is 4.31. The molecule has 3 rings (SSSR count). The second kappa shape index (κ2) is 7.71. The van der Waals surface area contributed by atoms with Gasteiger partial charge >= 0.3 is 0 Å². The molecule has 1 aliphatic carbocycles. The van der Waals surface area contributed by atoms with Gasteiger partial charge in [0.25, 0.3) is 5.91 Å². The zero-order valence-corrected chi connectivity index (χ0v) is 13.9. The molecule has 2 aromatic carbocycles. The van der Waals surface area contributed by atoms with Crippen LogP contribution in [0.15, 0.2) is 42.5 Å². The first-order valence-corrected chi connectivity index (χ1v) is 8.47. The Bertz CT molecular complexity index is 788. The van der Waals surface area contributed by atoms with E-state index >= 15 is 0 Å². The third-order valence-electron chi connectivity index (χ3n) is 4.31. The molecule has 0 saturated heterocycles. The molecule has 0 radical (unpaired) electrons. The monoisotopic (exact) mass is 336 g/mol. The van der Waals surface area contributed by atoms with E-state index in [1.54, 1.807) is 30.3 Å². The topological polar surface area (TPSA) is 82.3 Å². The summed E-state index contributed by atoms with van der Waals surface area (Å²) in [7, 11) is 0. The van der Waals surface area contributed by atoms with Crippen LogP contribution < -0.4 is 10.1 Å². The molecule has 0 spiro atoms. The Kier molecular flexibility index (Phi) is 5.20. The minimum absolute atomic E-state index is 0.0278. The summed E-state index contributed by atoms with van der Waals surface area (Å²) in [5, 5.41) is 21.8. The van der Waals surface area contributed by atoms with Crippen LogP contribution in [0.5, 0.6) is 17.2 Å². The van der Waals surface area contributed by atoms with Crippen molar-refractivity contribution in [1.29, 1.82) is 5.26 Å². The first-order valence-electron chi connectivity index (χ1n) is 8.47. The molecule has 0 atom stereocenters. The number of carbonyl (C=O) groups is 1. The van der Waals surface area contributed by atoms with Gasteiger partial charge in [0.05, 0.1) is 11.6 Å². The van der Waals surface area contributed by atoms with Gasteiger partial charge in [-0.1, -0.05) is 19.3 Å². The molecule has 2 aromatic rings. The molecule has 0 aliphatic heterocycles. The van der Waals surface area contributed by atoms with Gasteiger partial charge in [-0.15, -0.1) is 0 Å². The highest BCUT2D eigenvalue weighted by Gasteiger charge is 2.17. The number of phenolic OH excluding ortho intramolecular Hbond substituents is 1. The number of amides is 1. The lowest BCUT2D eigenvalue weighted by molar-refractivity contribution is 0.0927. The maximum Gasteiger partial charge on any atom is 0.251 e. The molecule has 128 valence electrons. The smallest absolute Gasteiger partial charge is 0.251 e. The number of aromatic hydroxyl groups is 1. The van der Waals surface area contributed by atoms with E-state index in [0.717, 1.165) is 25.7 Å². The molecule has 5 heteroatoms. The summed E-state index contributed by atoms with van der Waals surface area (Å²) < 4.78 is 5.69. The Balaban J connectivity index is 1.72. The van der Waals surface area contributed by atoms with Gasteiger partial charge in [0.15, 0.2) is 0 Å². The average molecular weight is 336 g/mol. The zero-order chi connectivity index (χ0) is 17.6. The van der Waals surface area contributed by atoms with Gasteiger partial charge in [0, 0.05) is 17.7 Å². The predicted octanol–water partition coefficient (Wildman–Crippen LogP) is 4.12. The molecule has 5 nitrogen and oxygen atoms in total. The number of nitrogens with zero attached hydrogens (tertiary/aromatic N) is 1. The summed E-state index contributed by atoms with van der Waals surface area (Å²) in [6.45, 7) is 0. The maximum atomic E-state index is 12.4.